The number of amides is 2. The first-order valence-corrected chi connectivity index (χ1v) is 8.12. The van der Waals surface area contributed by atoms with Crippen molar-refractivity contribution in [2.75, 3.05) is 11.9 Å². The molecule has 1 spiro atoms. The Hall–Kier alpha value is -2.28. The molecule has 1 aromatic carbocycles. The third-order valence-electron chi connectivity index (χ3n) is 4.64. The van der Waals surface area contributed by atoms with Crippen LogP contribution < -0.4 is 10.6 Å². The Morgan fingerprint density at radius 3 is 2.79 bits per heavy atom. The van der Waals surface area contributed by atoms with E-state index in [9.17, 15) is 14.4 Å². The molecule has 0 bridgehead atoms. The van der Waals surface area contributed by atoms with Crippen LogP contribution in [0, 0.1) is 0 Å². The van der Waals surface area contributed by atoms with Gasteiger partial charge in [0.15, 0.2) is 0 Å². The fourth-order valence-electron chi connectivity index (χ4n) is 3.20. The van der Waals surface area contributed by atoms with E-state index in [1.165, 1.54) is 11.8 Å². The van der Waals surface area contributed by atoms with Gasteiger partial charge in [0, 0.05) is 30.1 Å². The van der Waals surface area contributed by atoms with E-state index in [4.69, 9.17) is 16.7 Å². The van der Waals surface area contributed by atoms with Gasteiger partial charge in [0.05, 0.1) is 5.56 Å². The van der Waals surface area contributed by atoms with Gasteiger partial charge in [0.25, 0.3) is 5.91 Å². The monoisotopic (exact) mass is 351 g/mol. The summed E-state index contributed by atoms with van der Waals surface area (Å²) in [6, 6.07) is 4.13. The van der Waals surface area contributed by atoms with Gasteiger partial charge in [0.2, 0.25) is 5.91 Å². The number of carbonyl (C=O) groups excluding carboxylic acids is 2. The van der Waals surface area contributed by atoms with Gasteiger partial charge in [-0.25, -0.2) is 4.79 Å². The van der Waals surface area contributed by atoms with Gasteiger partial charge in [-0.05, 0) is 31.5 Å². The van der Waals surface area contributed by atoms with E-state index < -0.39 is 17.7 Å². The highest BCUT2D eigenvalue weighted by Gasteiger charge is 2.41. The zero-order valence-corrected chi connectivity index (χ0v) is 13.9. The van der Waals surface area contributed by atoms with Crippen LogP contribution in [0.25, 0.3) is 0 Å². The van der Waals surface area contributed by atoms with Crippen LogP contribution in [-0.2, 0) is 9.59 Å². The predicted molar refractivity (Wildman–Crippen MR) is 87.9 cm³/mol. The fourth-order valence-corrected chi connectivity index (χ4v) is 3.38. The molecular weight excluding hydrogens is 334 g/mol. The van der Waals surface area contributed by atoms with Gasteiger partial charge in [0.1, 0.15) is 11.7 Å². The number of carboxylic acid groups (broad SMARTS) is 1. The Bertz CT molecular complexity index is 723. The molecule has 0 radical (unpaired) electrons. The maximum atomic E-state index is 12.4. The zero-order chi connectivity index (χ0) is 17.5. The molecule has 2 heterocycles. The number of carboxylic acids is 1. The highest BCUT2D eigenvalue weighted by molar-refractivity contribution is 6.31. The van der Waals surface area contributed by atoms with Crippen molar-refractivity contribution in [2.24, 2.45) is 0 Å². The van der Waals surface area contributed by atoms with E-state index in [1.807, 2.05) is 0 Å². The number of rotatable bonds is 2. The van der Waals surface area contributed by atoms with Crippen molar-refractivity contribution in [3.63, 3.8) is 0 Å². The van der Waals surface area contributed by atoms with Crippen LogP contribution in [0.15, 0.2) is 18.2 Å². The topological polar surface area (TPSA) is 98.7 Å². The lowest BCUT2D eigenvalue weighted by Crippen LogP contribution is -2.58. The highest BCUT2D eigenvalue weighted by atomic mass is 35.5. The molecule has 3 rings (SSSR count). The fraction of sp³-hybridized carbons (Fsp3) is 0.438. The first kappa shape index (κ1) is 16.6. The third-order valence-corrected chi connectivity index (χ3v) is 4.88. The maximum Gasteiger partial charge on any atom is 0.326 e. The van der Waals surface area contributed by atoms with Crippen molar-refractivity contribution in [1.82, 2.24) is 10.2 Å². The maximum absolute atomic E-state index is 12.4. The molecule has 0 aromatic heterocycles. The molecule has 0 unspecified atom stereocenters. The van der Waals surface area contributed by atoms with Crippen molar-refractivity contribution in [1.29, 1.82) is 0 Å². The van der Waals surface area contributed by atoms with E-state index >= 15 is 0 Å². The first-order chi connectivity index (χ1) is 11.3. The van der Waals surface area contributed by atoms with Crippen molar-refractivity contribution < 1.29 is 19.5 Å². The molecule has 2 aliphatic rings. The molecule has 2 amide bonds. The first-order valence-electron chi connectivity index (χ1n) is 7.74. The molecular formula is C16H18ClN3O4. The normalized spacial score (nSPS) is 24.7. The van der Waals surface area contributed by atoms with Crippen LogP contribution in [0.2, 0.25) is 5.02 Å². The number of hydrogen-bond donors (Lipinski definition) is 3. The summed E-state index contributed by atoms with van der Waals surface area (Å²) in [6.07, 6.45) is 0.973. The van der Waals surface area contributed by atoms with E-state index in [0.29, 0.717) is 29.1 Å². The van der Waals surface area contributed by atoms with E-state index in [-0.39, 0.29) is 24.8 Å². The molecule has 0 saturated carbocycles. The van der Waals surface area contributed by atoms with Gasteiger partial charge in [-0.15, -0.1) is 0 Å². The molecule has 2 atom stereocenters. The molecule has 1 aromatic rings. The number of halogens is 1. The Balaban J connectivity index is 1.85. The molecule has 1 fully saturated rings. The minimum atomic E-state index is -1.04. The SMILES string of the molecule is C[C@@H](C(=O)O)N1CC[C@@]2(CCC1=O)NC(=O)c1cc(Cl)ccc1N2. The Labute approximate surface area is 144 Å². The van der Waals surface area contributed by atoms with Crippen LogP contribution in [-0.4, -0.2) is 46.0 Å². The van der Waals surface area contributed by atoms with Crippen molar-refractivity contribution in [2.45, 2.75) is 37.9 Å². The standard InChI is InChI=1S/C16H18ClN3O4/c1-9(15(23)24)20-7-6-16(5-4-13(20)21)18-12-3-2-10(17)8-11(12)14(22)19-16/h2-3,8-9,18H,4-7H2,1H3,(H,19,22)(H,23,24)/t9-,16+/m0/s1. The Morgan fingerprint density at radius 1 is 1.33 bits per heavy atom. The lowest BCUT2D eigenvalue weighted by molar-refractivity contribution is -0.149. The van der Waals surface area contributed by atoms with Crippen LogP contribution in [0.3, 0.4) is 0 Å². The van der Waals surface area contributed by atoms with Crippen LogP contribution in [0.4, 0.5) is 5.69 Å². The van der Waals surface area contributed by atoms with Gasteiger partial charge < -0.3 is 20.6 Å². The molecule has 3 N–H and O–H groups in total. The summed E-state index contributed by atoms with van der Waals surface area (Å²) in [4.78, 5) is 37.2. The molecule has 0 aliphatic carbocycles. The van der Waals surface area contributed by atoms with Crippen molar-refractivity contribution >= 4 is 35.1 Å². The number of nitrogens with zero attached hydrogens (tertiary/aromatic N) is 1. The molecule has 24 heavy (non-hydrogen) atoms. The number of hydrogen-bond acceptors (Lipinski definition) is 4. The molecule has 2 aliphatic heterocycles. The smallest absolute Gasteiger partial charge is 0.326 e. The minimum Gasteiger partial charge on any atom is -0.480 e. The summed E-state index contributed by atoms with van der Waals surface area (Å²) in [6.45, 7) is 1.74. The van der Waals surface area contributed by atoms with E-state index in [2.05, 4.69) is 10.6 Å². The van der Waals surface area contributed by atoms with Gasteiger partial charge in [-0.3, -0.25) is 9.59 Å². The number of fused-ring (bicyclic) bond motifs is 1. The second-order valence-electron chi connectivity index (χ2n) is 6.20. The quantitative estimate of drug-likeness (QED) is 0.753. The lowest BCUT2D eigenvalue weighted by Gasteiger charge is -2.40. The number of benzene rings is 1. The molecule has 8 heteroatoms. The summed E-state index contributed by atoms with van der Waals surface area (Å²) < 4.78 is 0. The van der Waals surface area contributed by atoms with Crippen LogP contribution >= 0.6 is 11.6 Å². The van der Waals surface area contributed by atoms with Crippen molar-refractivity contribution in [3.05, 3.63) is 28.8 Å². The minimum absolute atomic E-state index is 0.161. The second kappa shape index (κ2) is 5.98. The van der Waals surface area contributed by atoms with Crippen LogP contribution in [0.5, 0.6) is 0 Å². The van der Waals surface area contributed by atoms with Gasteiger partial charge in [-0.2, -0.15) is 0 Å². The van der Waals surface area contributed by atoms with Crippen molar-refractivity contribution in [3.8, 4) is 0 Å². The molecule has 7 nitrogen and oxygen atoms in total. The third kappa shape index (κ3) is 2.91. The highest BCUT2D eigenvalue weighted by Crippen LogP contribution is 2.33. The summed E-state index contributed by atoms with van der Waals surface area (Å²) in [5.41, 5.74) is 0.357. The number of aliphatic carboxylic acids is 1. The lowest BCUT2D eigenvalue weighted by atomic mass is 9.95. The largest absolute Gasteiger partial charge is 0.480 e. The summed E-state index contributed by atoms with van der Waals surface area (Å²) in [5, 5.41) is 15.9. The van der Waals surface area contributed by atoms with E-state index in [1.54, 1.807) is 18.2 Å². The number of carbonyl (C=O) groups is 3. The van der Waals surface area contributed by atoms with Gasteiger partial charge >= 0.3 is 5.97 Å². The number of anilines is 1. The molecule has 128 valence electrons. The van der Waals surface area contributed by atoms with Gasteiger partial charge in [-0.1, -0.05) is 11.6 Å². The molecule has 1 saturated heterocycles. The summed E-state index contributed by atoms with van der Waals surface area (Å²) in [7, 11) is 0. The Morgan fingerprint density at radius 2 is 2.08 bits per heavy atom. The Kier molecular flexibility index (Phi) is 4.13. The average molecular weight is 352 g/mol. The zero-order valence-electron chi connectivity index (χ0n) is 13.1. The summed E-state index contributed by atoms with van der Waals surface area (Å²) >= 11 is 5.93. The number of likely N-dealkylation sites (tertiary alicyclic amines) is 1. The van der Waals surface area contributed by atoms with E-state index in [0.717, 1.165) is 0 Å². The second-order valence-corrected chi connectivity index (χ2v) is 6.64. The predicted octanol–water partition coefficient (Wildman–Crippen LogP) is 1.68. The average Bonchev–Trinajstić information content (AvgIpc) is 2.68. The number of nitrogens with one attached hydrogen (secondary N) is 2. The summed E-state index contributed by atoms with van der Waals surface area (Å²) in [5.74, 6) is -1.52. The van der Waals surface area contributed by atoms with Crippen LogP contribution in [0.1, 0.15) is 36.5 Å².